The number of amides is 2. The van der Waals surface area contributed by atoms with Crippen molar-refractivity contribution in [2.75, 3.05) is 11.9 Å². The summed E-state index contributed by atoms with van der Waals surface area (Å²) in [6, 6.07) is 15.3. The van der Waals surface area contributed by atoms with Gasteiger partial charge in [0.2, 0.25) is 0 Å². The second-order valence-electron chi connectivity index (χ2n) is 6.21. The Hall–Kier alpha value is -3.28. The van der Waals surface area contributed by atoms with Gasteiger partial charge in [0.05, 0.1) is 18.8 Å². The van der Waals surface area contributed by atoms with Crippen LogP contribution in [-0.4, -0.2) is 22.4 Å². The lowest BCUT2D eigenvalue weighted by Gasteiger charge is -2.14. The van der Waals surface area contributed by atoms with Crippen LogP contribution < -0.4 is 15.4 Å². The highest BCUT2D eigenvalue weighted by Crippen LogP contribution is 2.25. The number of aromatic nitrogens is 2. The van der Waals surface area contributed by atoms with Gasteiger partial charge in [-0.25, -0.2) is 4.79 Å². The number of hydrogen-bond acceptors (Lipinski definition) is 3. The Bertz CT molecular complexity index is 891. The minimum Gasteiger partial charge on any atom is -0.492 e. The topological polar surface area (TPSA) is 68.2 Å². The first-order valence-corrected chi connectivity index (χ1v) is 8.98. The summed E-state index contributed by atoms with van der Waals surface area (Å²) in [5.41, 5.74) is 3.91. The van der Waals surface area contributed by atoms with Crippen LogP contribution in [-0.2, 0) is 13.1 Å². The van der Waals surface area contributed by atoms with Crippen molar-refractivity contribution in [3.63, 3.8) is 0 Å². The average molecular weight is 364 g/mol. The Labute approximate surface area is 159 Å². The SMILES string of the molecule is CCOc1cc(C)ccc1NC(=O)NCc1ccccc1Cn1cccn1. The van der Waals surface area contributed by atoms with Gasteiger partial charge in [0.15, 0.2) is 0 Å². The predicted molar refractivity (Wildman–Crippen MR) is 106 cm³/mol. The van der Waals surface area contributed by atoms with Gasteiger partial charge in [0.1, 0.15) is 5.75 Å². The summed E-state index contributed by atoms with van der Waals surface area (Å²) in [7, 11) is 0. The number of benzene rings is 2. The third-order valence-electron chi connectivity index (χ3n) is 4.13. The fourth-order valence-electron chi connectivity index (χ4n) is 2.80. The third-order valence-corrected chi connectivity index (χ3v) is 4.13. The molecule has 0 fully saturated rings. The van der Waals surface area contributed by atoms with Gasteiger partial charge in [-0.05, 0) is 48.7 Å². The van der Waals surface area contributed by atoms with E-state index >= 15 is 0 Å². The molecule has 0 radical (unpaired) electrons. The average Bonchev–Trinajstić information content (AvgIpc) is 3.17. The van der Waals surface area contributed by atoms with Crippen LogP contribution >= 0.6 is 0 Å². The minimum absolute atomic E-state index is 0.270. The van der Waals surface area contributed by atoms with Gasteiger partial charge < -0.3 is 15.4 Å². The standard InChI is InChI=1S/C21H24N4O2/c1-3-27-20-13-16(2)9-10-19(20)24-21(26)22-14-17-7-4-5-8-18(17)15-25-12-6-11-23-25/h4-13H,3,14-15H2,1-2H3,(H2,22,24,26). The second-order valence-corrected chi connectivity index (χ2v) is 6.21. The Kier molecular flexibility index (Phi) is 6.10. The Balaban J connectivity index is 1.63. The van der Waals surface area contributed by atoms with E-state index in [1.807, 2.05) is 73.3 Å². The number of nitrogens with zero attached hydrogens (tertiary/aromatic N) is 2. The molecule has 0 saturated heterocycles. The summed E-state index contributed by atoms with van der Waals surface area (Å²) in [4.78, 5) is 12.4. The molecular weight excluding hydrogens is 340 g/mol. The minimum atomic E-state index is -0.270. The number of nitrogens with one attached hydrogen (secondary N) is 2. The fourth-order valence-corrected chi connectivity index (χ4v) is 2.80. The molecule has 3 aromatic rings. The van der Waals surface area contributed by atoms with Crippen molar-refractivity contribution in [1.29, 1.82) is 0 Å². The summed E-state index contributed by atoms with van der Waals surface area (Å²) >= 11 is 0. The number of hydrogen-bond donors (Lipinski definition) is 2. The first kappa shape index (κ1) is 18.5. The molecule has 0 aliphatic heterocycles. The molecule has 27 heavy (non-hydrogen) atoms. The van der Waals surface area contributed by atoms with E-state index in [0.29, 0.717) is 31.1 Å². The molecular formula is C21H24N4O2. The van der Waals surface area contributed by atoms with Crippen molar-refractivity contribution in [2.24, 2.45) is 0 Å². The van der Waals surface area contributed by atoms with Crippen molar-refractivity contribution >= 4 is 11.7 Å². The Morgan fingerprint density at radius 1 is 1.15 bits per heavy atom. The fraction of sp³-hybridized carbons (Fsp3) is 0.238. The molecule has 0 aliphatic rings. The molecule has 0 atom stereocenters. The van der Waals surface area contributed by atoms with Gasteiger partial charge in [0.25, 0.3) is 0 Å². The Morgan fingerprint density at radius 2 is 1.96 bits per heavy atom. The first-order chi connectivity index (χ1) is 13.2. The molecule has 0 aliphatic carbocycles. The predicted octanol–water partition coefficient (Wildman–Crippen LogP) is 3.96. The number of urea groups is 1. The highest BCUT2D eigenvalue weighted by Gasteiger charge is 2.09. The summed E-state index contributed by atoms with van der Waals surface area (Å²) in [6.45, 7) is 5.55. The molecule has 2 N–H and O–H groups in total. The van der Waals surface area contributed by atoms with Gasteiger partial charge in [-0.1, -0.05) is 30.3 Å². The van der Waals surface area contributed by atoms with Crippen LogP contribution in [0.2, 0.25) is 0 Å². The van der Waals surface area contributed by atoms with Gasteiger partial charge in [0, 0.05) is 18.9 Å². The van der Waals surface area contributed by atoms with E-state index in [1.165, 1.54) is 0 Å². The van der Waals surface area contributed by atoms with Gasteiger partial charge in [-0.15, -0.1) is 0 Å². The zero-order chi connectivity index (χ0) is 19.1. The van der Waals surface area contributed by atoms with Crippen LogP contribution in [0.4, 0.5) is 10.5 Å². The van der Waals surface area contributed by atoms with Gasteiger partial charge in [-0.3, -0.25) is 4.68 Å². The van der Waals surface area contributed by atoms with E-state index in [4.69, 9.17) is 4.74 Å². The molecule has 6 nitrogen and oxygen atoms in total. The van der Waals surface area contributed by atoms with Crippen molar-refractivity contribution in [1.82, 2.24) is 15.1 Å². The van der Waals surface area contributed by atoms with Crippen molar-refractivity contribution in [2.45, 2.75) is 26.9 Å². The second kappa shape index (κ2) is 8.89. The summed E-state index contributed by atoms with van der Waals surface area (Å²) in [6.07, 6.45) is 3.68. The largest absolute Gasteiger partial charge is 0.492 e. The summed E-state index contributed by atoms with van der Waals surface area (Å²) in [5, 5.41) is 10.0. The zero-order valence-electron chi connectivity index (χ0n) is 15.6. The summed E-state index contributed by atoms with van der Waals surface area (Å²) in [5.74, 6) is 0.673. The quantitative estimate of drug-likeness (QED) is 0.667. The van der Waals surface area contributed by atoms with E-state index in [2.05, 4.69) is 15.7 Å². The number of anilines is 1. The maximum atomic E-state index is 12.4. The molecule has 0 spiro atoms. The number of aryl methyl sites for hydroxylation is 1. The van der Waals surface area contributed by atoms with Gasteiger partial charge in [-0.2, -0.15) is 5.10 Å². The lowest BCUT2D eigenvalue weighted by atomic mass is 10.1. The van der Waals surface area contributed by atoms with Crippen LogP contribution in [0.5, 0.6) is 5.75 Å². The van der Waals surface area contributed by atoms with Crippen molar-refractivity contribution < 1.29 is 9.53 Å². The molecule has 0 unspecified atom stereocenters. The summed E-state index contributed by atoms with van der Waals surface area (Å²) < 4.78 is 7.47. The van der Waals surface area contributed by atoms with Crippen LogP contribution in [0.3, 0.4) is 0 Å². The zero-order valence-corrected chi connectivity index (χ0v) is 15.6. The molecule has 6 heteroatoms. The molecule has 140 valence electrons. The molecule has 3 rings (SSSR count). The Morgan fingerprint density at radius 3 is 2.70 bits per heavy atom. The highest BCUT2D eigenvalue weighted by atomic mass is 16.5. The molecule has 1 heterocycles. The smallest absolute Gasteiger partial charge is 0.319 e. The normalized spacial score (nSPS) is 10.4. The van der Waals surface area contributed by atoms with E-state index in [9.17, 15) is 4.79 Å². The van der Waals surface area contributed by atoms with Crippen LogP contribution in [0.25, 0.3) is 0 Å². The molecule has 2 amide bonds. The number of rotatable bonds is 7. The van der Waals surface area contributed by atoms with E-state index in [0.717, 1.165) is 16.7 Å². The monoisotopic (exact) mass is 364 g/mol. The molecule has 0 bridgehead atoms. The van der Waals surface area contributed by atoms with Crippen LogP contribution in [0, 0.1) is 6.92 Å². The van der Waals surface area contributed by atoms with Crippen molar-refractivity contribution in [3.8, 4) is 5.75 Å². The number of carbonyl (C=O) groups excluding carboxylic acids is 1. The number of ether oxygens (including phenoxy) is 1. The maximum absolute atomic E-state index is 12.4. The molecule has 1 aromatic heterocycles. The molecule has 2 aromatic carbocycles. The maximum Gasteiger partial charge on any atom is 0.319 e. The third kappa shape index (κ3) is 5.10. The van der Waals surface area contributed by atoms with E-state index < -0.39 is 0 Å². The first-order valence-electron chi connectivity index (χ1n) is 8.98. The van der Waals surface area contributed by atoms with E-state index in [1.54, 1.807) is 6.20 Å². The van der Waals surface area contributed by atoms with Gasteiger partial charge >= 0.3 is 6.03 Å². The lowest BCUT2D eigenvalue weighted by molar-refractivity contribution is 0.251. The number of carbonyl (C=O) groups is 1. The van der Waals surface area contributed by atoms with Crippen LogP contribution in [0.1, 0.15) is 23.6 Å². The molecule has 0 saturated carbocycles. The highest BCUT2D eigenvalue weighted by molar-refractivity contribution is 5.91. The van der Waals surface area contributed by atoms with E-state index in [-0.39, 0.29) is 6.03 Å². The van der Waals surface area contributed by atoms with Crippen LogP contribution in [0.15, 0.2) is 60.9 Å². The lowest BCUT2D eigenvalue weighted by Crippen LogP contribution is -2.29. The van der Waals surface area contributed by atoms with Crippen molar-refractivity contribution in [3.05, 3.63) is 77.6 Å².